The van der Waals surface area contributed by atoms with E-state index in [4.69, 9.17) is 13.9 Å². The van der Waals surface area contributed by atoms with E-state index in [0.29, 0.717) is 22.4 Å². The van der Waals surface area contributed by atoms with E-state index in [-0.39, 0.29) is 23.8 Å². The topological polar surface area (TPSA) is 94.4 Å². The molecule has 2 aromatic heterocycles. The minimum absolute atomic E-state index is 0.0478. The molecule has 0 bridgehead atoms. The highest BCUT2D eigenvalue weighted by Crippen LogP contribution is 2.19. The van der Waals surface area contributed by atoms with E-state index in [1.54, 1.807) is 37.3 Å². The summed E-state index contributed by atoms with van der Waals surface area (Å²) in [6, 6.07) is 19.4. The maximum absolute atomic E-state index is 12.4. The fraction of sp³-hybridized carbons (Fsp3) is 0.136. The van der Waals surface area contributed by atoms with E-state index in [9.17, 15) is 9.59 Å². The zero-order valence-corrected chi connectivity index (χ0v) is 15.6. The monoisotopic (exact) mass is 390 g/mol. The number of esters is 1. The van der Waals surface area contributed by atoms with E-state index >= 15 is 0 Å². The molecular formula is C22H18N2O5. The number of benzene rings is 2. The average Bonchev–Trinajstić information content (AvgIpc) is 3.22. The van der Waals surface area contributed by atoms with Crippen LogP contribution in [0.5, 0.6) is 5.75 Å². The van der Waals surface area contributed by atoms with Crippen LogP contribution in [0.1, 0.15) is 35.2 Å². The summed E-state index contributed by atoms with van der Waals surface area (Å²) in [5, 5.41) is 0.476. The number of aromatic nitrogens is 2. The van der Waals surface area contributed by atoms with Gasteiger partial charge in [-0.05, 0) is 43.3 Å². The third kappa shape index (κ3) is 4.19. The van der Waals surface area contributed by atoms with Gasteiger partial charge in [-0.2, -0.15) is 0 Å². The number of fused-ring (bicyclic) bond motifs is 1. The van der Waals surface area contributed by atoms with Crippen LogP contribution in [0, 0.1) is 0 Å². The van der Waals surface area contributed by atoms with Crippen molar-refractivity contribution in [3.05, 3.63) is 94.4 Å². The fourth-order valence-corrected chi connectivity index (χ4v) is 2.81. The first-order valence-corrected chi connectivity index (χ1v) is 9.06. The lowest BCUT2D eigenvalue weighted by Crippen LogP contribution is -2.17. The lowest BCUT2D eigenvalue weighted by Gasteiger charge is -2.12. The molecule has 29 heavy (non-hydrogen) atoms. The lowest BCUT2D eigenvalue weighted by molar-refractivity contribution is 0.0280. The minimum Gasteiger partial charge on any atom is -0.486 e. The molecule has 146 valence electrons. The van der Waals surface area contributed by atoms with E-state index in [1.807, 2.05) is 30.3 Å². The van der Waals surface area contributed by atoms with Gasteiger partial charge in [0.25, 0.3) is 5.56 Å². The van der Waals surface area contributed by atoms with Crippen molar-refractivity contribution in [1.29, 1.82) is 0 Å². The molecule has 4 aromatic rings. The van der Waals surface area contributed by atoms with Gasteiger partial charge in [0.2, 0.25) is 5.76 Å². The normalized spacial score (nSPS) is 11.9. The van der Waals surface area contributed by atoms with Gasteiger partial charge in [-0.25, -0.2) is 9.78 Å². The van der Waals surface area contributed by atoms with Crippen LogP contribution in [0.3, 0.4) is 0 Å². The molecule has 2 aromatic carbocycles. The predicted molar refractivity (Wildman–Crippen MR) is 106 cm³/mol. The Hall–Kier alpha value is -3.87. The van der Waals surface area contributed by atoms with Crippen LogP contribution in [0.25, 0.3) is 10.9 Å². The Kier molecular flexibility index (Phi) is 5.11. The number of carbonyl (C=O) groups excluding carboxylic acids is 1. The first kappa shape index (κ1) is 18.5. The summed E-state index contributed by atoms with van der Waals surface area (Å²) in [7, 11) is 0. The number of para-hydroxylation sites is 2. The first-order chi connectivity index (χ1) is 14.1. The first-order valence-electron chi connectivity index (χ1n) is 9.06. The van der Waals surface area contributed by atoms with E-state index in [1.165, 1.54) is 6.07 Å². The summed E-state index contributed by atoms with van der Waals surface area (Å²) in [6.07, 6.45) is -0.756. The van der Waals surface area contributed by atoms with Gasteiger partial charge in [-0.3, -0.25) is 4.79 Å². The number of hydrogen-bond donors (Lipinski definition) is 1. The molecular weight excluding hydrogens is 372 g/mol. The Morgan fingerprint density at radius 1 is 1.07 bits per heavy atom. The van der Waals surface area contributed by atoms with Crippen LogP contribution in [0.4, 0.5) is 0 Å². The molecule has 1 atom stereocenters. The highest BCUT2D eigenvalue weighted by atomic mass is 16.6. The van der Waals surface area contributed by atoms with Gasteiger partial charge in [0, 0.05) is 0 Å². The molecule has 0 aliphatic heterocycles. The van der Waals surface area contributed by atoms with Crippen molar-refractivity contribution in [2.24, 2.45) is 0 Å². The molecule has 0 spiro atoms. The van der Waals surface area contributed by atoms with Gasteiger partial charge in [0.15, 0.2) is 11.9 Å². The molecule has 0 radical (unpaired) electrons. The van der Waals surface area contributed by atoms with Gasteiger partial charge in [0.1, 0.15) is 18.1 Å². The van der Waals surface area contributed by atoms with Gasteiger partial charge in [-0.1, -0.05) is 30.3 Å². The largest absolute Gasteiger partial charge is 0.486 e. The lowest BCUT2D eigenvalue weighted by atomic mass is 10.2. The van der Waals surface area contributed by atoms with Gasteiger partial charge in [0.05, 0.1) is 10.9 Å². The molecule has 7 heteroatoms. The third-order valence-corrected chi connectivity index (χ3v) is 4.29. The van der Waals surface area contributed by atoms with Crippen LogP contribution >= 0.6 is 0 Å². The molecule has 0 aliphatic rings. The van der Waals surface area contributed by atoms with Crippen molar-refractivity contribution >= 4 is 16.9 Å². The Labute approximate surface area is 165 Å². The SMILES string of the molecule is C[C@H](OC(=O)c1ccc(COc2ccccc2)o1)c1nc2ccccc2c(=O)[nH]1. The van der Waals surface area contributed by atoms with Gasteiger partial charge in [-0.15, -0.1) is 0 Å². The summed E-state index contributed by atoms with van der Waals surface area (Å²) >= 11 is 0. The molecule has 0 saturated carbocycles. The van der Waals surface area contributed by atoms with E-state index in [2.05, 4.69) is 9.97 Å². The summed E-state index contributed by atoms with van der Waals surface area (Å²) in [6.45, 7) is 1.82. The van der Waals surface area contributed by atoms with Crippen LogP contribution in [0.15, 0.2) is 75.9 Å². The smallest absolute Gasteiger partial charge is 0.374 e. The van der Waals surface area contributed by atoms with Crippen molar-refractivity contribution in [3.8, 4) is 5.75 Å². The Balaban J connectivity index is 1.43. The zero-order chi connectivity index (χ0) is 20.2. The minimum atomic E-state index is -0.756. The molecule has 0 aliphatic carbocycles. The van der Waals surface area contributed by atoms with E-state index in [0.717, 1.165) is 0 Å². The van der Waals surface area contributed by atoms with Crippen LogP contribution in [-0.2, 0) is 11.3 Å². The number of hydrogen-bond acceptors (Lipinski definition) is 6. The van der Waals surface area contributed by atoms with E-state index < -0.39 is 12.1 Å². The number of rotatable bonds is 6. The number of nitrogens with one attached hydrogen (secondary N) is 1. The second kappa shape index (κ2) is 8.02. The summed E-state index contributed by atoms with van der Waals surface area (Å²) in [5.74, 6) is 0.853. The second-order valence-electron chi connectivity index (χ2n) is 6.38. The summed E-state index contributed by atoms with van der Waals surface area (Å²) in [4.78, 5) is 31.6. The highest BCUT2D eigenvalue weighted by Gasteiger charge is 2.19. The molecule has 4 rings (SSSR count). The molecule has 0 fully saturated rings. The number of carbonyl (C=O) groups is 1. The van der Waals surface area contributed by atoms with Crippen molar-refractivity contribution in [2.45, 2.75) is 19.6 Å². The summed E-state index contributed by atoms with van der Waals surface area (Å²) in [5.41, 5.74) is 0.249. The fourth-order valence-electron chi connectivity index (χ4n) is 2.81. The number of aromatic amines is 1. The molecule has 0 amide bonds. The van der Waals surface area contributed by atoms with Crippen LogP contribution < -0.4 is 10.3 Å². The number of H-pyrrole nitrogens is 1. The van der Waals surface area contributed by atoms with Gasteiger partial charge >= 0.3 is 5.97 Å². The van der Waals surface area contributed by atoms with Gasteiger partial charge < -0.3 is 18.9 Å². The van der Waals surface area contributed by atoms with Crippen molar-refractivity contribution < 1.29 is 18.7 Å². The quantitative estimate of drug-likeness (QED) is 0.500. The second-order valence-corrected chi connectivity index (χ2v) is 6.38. The molecule has 7 nitrogen and oxygen atoms in total. The van der Waals surface area contributed by atoms with Crippen molar-refractivity contribution in [1.82, 2.24) is 9.97 Å². The summed E-state index contributed by atoms with van der Waals surface area (Å²) < 4.78 is 16.5. The van der Waals surface area contributed by atoms with Crippen molar-refractivity contribution in [3.63, 3.8) is 0 Å². The Bertz CT molecular complexity index is 1200. The number of nitrogens with zero attached hydrogens (tertiary/aromatic N) is 1. The molecule has 2 heterocycles. The number of furan rings is 1. The molecule has 0 saturated heterocycles. The number of ether oxygens (including phenoxy) is 2. The van der Waals surface area contributed by atoms with Crippen molar-refractivity contribution in [2.75, 3.05) is 0 Å². The third-order valence-electron chi connectivity index (χ3n) is 4.29. The maximum Gasteiger partial charge on any atom is 0.374 e. The van der Waals surface area contributed by atoms with Crippen LogP contribution in [-0.4, -0.2) is 15.9 Å². The Morgan fingerprint density at radius 2 is 1.83 bits per heavy atom. The van der Waals surface area contributed by atoms with Crippen LogP contribution in [0.2, 0.25) is 0 Å². The molecule has 0 unspecified atom stereocenters. The predicted octanol–water partition coefficient (Wildman–Crippen LogP) is 4.01. The average molecular weight is 390 g/mol. The standard InChI is InChI=1S/C22H18N2O5/c1-14(20-23-18-10-6-5-9-17(18)21(25)24-20)28-22(26)19-12-11-16(29-19)13-27-15-7-3-2-4-8-15/h2-12,14H,13H2,1H3,(H,23,24,25)/t14-/m0/s1. The molecule has 1 N–H and O–H groups in total. The zero-order valence-electron chi connectivity index (χ0n) is 15.6. The Morgan fingerprint density at radius 3 is 2.66 bits per heavy atom. The highest BCUT2D eigenvalue weighted by molar-refractivity contribution is 5.86. The maximum atomic E-state index is 12.4.